The predicted molar refractivity (Wildman–Crippen MR) is 118 cm³/mol. The molecule has 1 fully saturated rings. The van der Waals surface area contributed by atoms with Crippen LogP contribution in [-0.2, 0) is 9.59 Å². The SMILES string of the molecule is CC1=CC[C@H]1NC1(C(=O)[C@H](CCCNC(N)=O)NC(=O)[C@@H](N)C(C)C)CCCCC1. The van der Waals surface area contributed by atoms with Crippen LogP contribution in [0.5, 0.6) is 0 Å². The van der Waals surface area contributed by atoms with Gasteiger partial charge in [-0.1, -0.05) is 44.8 Å². The van der Waals surface area contributed by atoms with Gasteiger partial charge < -0.3 is 22.1 Å². The van der Waals surface area contributed by atoms with Gasteiger partial charge in [-0.15, -0.1) is 0 Å². The molecule has 7 N–H and O–H groups in total. The van der Waals surface area contributed by atoms with Crippen molar-refractivity contribution in [1.82, 2.24) is 16.0 Å². The number of urea groups is 1. The summed E-state index contributed by atoms with van der Waals surface area (Å²) in [5, 5.41) is 9.11. The maximum Gasteiger partial charge on any atom is 0.312 e. The Morgan fingerprint density at radius 1 is 1.20 bits per heavy atom. The molecule has 0 radical (unpaired) electrons. The van der Waals surface area contributed by atoms with Crippen LogP contribution in [-0.4, -0.2) is 47.9 Å². The predicted octanol–water partition coefficient (Wildman–Crippen LogP) is 1.48. The van der Waals surface area contributed by atoms with Gasteiger partial charge in [-0.25, -0.2) is 4.79 Å². The average molecular weight is 422 g/mol. The fourth-order valence-corrected chi connectivity index (χ4v) is 4.29. The van der Waals surface area contributed by atoms with Gasteiger partial charge in [0.25, 0.3) is 0 Å². The highest BCUT2D eigenvalue weighted by atomic mass is 16.2. The van der Waals surface area contributed by atoms with E-state index in [1.165, 1.54) is 5.57 Å². The van der Waals surface area contributed by atoms with Crippen LogP contribution in [0.25, 0.3) is 0 Å². The molecule has 3 amide bonds. The Morgan fingerprint density at radius 2 is 1.87 bits per heavy atom. The minimum absolute atomic E-state index is 0.0261. The first-order valence-electron chi connectivity index (χ1n) is 11.2. The summed E-state index contributed by atoms with van der Waals surface area (Å²) in [5.41, 5.74) is 11.8. The minimum atomic E-state index is -0.670. The van der Waals surface area contributed by atoms with E-state index in [0.717, 1.165) is 38.5 Å². The van der Waals surface area contributed by atoms with Crippen molar-refractivity contribution in [1.29, 1.82) is 0 Å². The van der Waals surface area contributed by atoms with Crippen molar-refractivity contribution >= 4 is 17.7 Å². The van der Waals surface area contributed by atoms with Gasteiger partial charge in [0, 0.05) is 12.6 Å². The minimum Gasteiger partial charge on any atom is -0.352 e. The highest BCUT2D eigenvalue weighted by Crippen LogP contribution is 2.34. The normalized spacial score (nSPS) is 22.4. The van der Waals surface area contributed by atoms with Gasteiger partial charge >= 0.3 is 6.03 Å². The quantitative estimate of drug-likeness (QED) is 0.254. The number of carbonyl (C=O) groups excluding carboxylic acids is 3. The molecule has 3 atom stereocenters. The first-order chi connectivity index (χ1) is 14.2. The molecule has 0 aromatic rings. The fraction of sp³-hybridized carbons (Fsp3) is 0.773. The Bertz CT molecular complexity index is 655. The number of hydrogen-bond acceptors (Lipinski definition) is 5. The van der Waals surface area contributed by atoms with E-state index in [9.17, 15) is 14.4 Å². The van der Waals surface area contributed by atoms with E-state index in [1.807, 2.05) is 13.8 Å². The molecule has 0 spiro atoms. The van der Waals surface area contributed by atoms with E-state index in [2.05, 4.69) is 29.0 Å². The van der Waals surface area contributed by atoms with Crippen LogP contribution in [0.4, 0.5) is 4.79 Å². The summed E-state index contributed by atoms with van der Waals surface area (Å²) < 4.78 is 0. The molecule has 0 bridgehead atoms. The van der Waals surface area contributed by atoms with Gasteiger partial charge in [-0.2, -0.15) is 0 Å². The van der Waals surface area contributed by atoms with Crippen LogP contribution >= 0.6 is 0 Å². The largest absolute Gasteiger partial charge is 0.352 e. The van der Waals surface area contributed by atoms with E-state index >= 15 is 0 Å². The molecule has 0 aromatic heterocycles. The number of hydrogen-bond donors (Lipinski definition) is 5. The van der Waals surface area contributed by atoms with Gasteiger partial charge in [-0.3, -0.25) is 14.9 Å². The van der Waals surface area contributed by atoms with Gasteiger partial charge in [0.05, 0.1) is 17.6 Å². The zero-order valence-corrected chi connectivity index (χ0v) is 18.6. The number of primary amides is 1. The molecule has 0 saturated heterocycles. The molecular weight excluding hydrogens is 382 g/mol. The van der Waals surface area contributed by atoms with E-state index in [1.54, 1.807) is 0 Å². The highest BCUT2D eigenvalue weighted by Gasteiger charge is 2.45. The summed E-state index contributed by atoms with van der Waals surface area (Å²) in [7, 11) is 0. The number of ketones is 1. The monoisotopic (exact) mass is 421 g/mol. The molecule has 0 aliphatic heterocycles. The van der Waals surface area contributed by atoms with Crippen LogP contribution in [0.1, 0.15) is 72.1 Å². The number of Topliss-reactive ketones (excluding diaryl/α,β-unsaturated/α-hetero) is 1. The third-order valence-corrected chi connectivity index (χ3v) is 6.48. The van der Waals surface area contributed by atoms with Crippen molar-refractivity contribution in [3.05, 3.63) is 11.6 Å². The van der Waals surface area contributed by atoms with Crippen LogP contribution in [0.3, 0.4) is 0 Å². The maximum absolute atomic E-state index is 13.8. The molecule has 2 rings (SSSR count). The number of rotatable bonds is 11. The summed E-state index contributed by atoms with van der Waals surface area (Å²) in [6.07, 6.45) is 8.72. The second kappa shape index (κ2) is 10.9. The summed E-state index contributed by atoms with van der Waals surface area (Å²) in [6, 6.07) is -1.69. The Morgan fingerprint density at radius 3 is 2.37 bits per heavy atom. The maximum atomic E-state index is 13.8. The van der Waals surface area contributed by atoms with Crippen molar-refractivity contribution in [2.75, 3.05) is 6.54 Å². The highest BCUT2D eigenvalue weighted by molar-refractivity contribution is 5.96. The summed E-state index contributed by atoms with van der Waals surface area (Å²) in [5.74, 6) is -0.302. The lowest BCUT2D eigenvalue weighted by atomic mass is 9.74. The smallest absolute Gasteiger partial charge is 0.312 e. The standard InChI is InChI=1S/C22H39N5O3/c1-14(2)18(23)20(29)26-17(8-7-13-25-21(24)30)19(28)22(11-5-4-6-12-22)27-16-10-9-15(16)3/h9,14,16-18,27H,4-8,10-13,23H2,1-3H3,(H,26,29)(H3,24,25,30)/t16-,17+,18+/m1/s1. The molecule has 2 aliphatic rings. The average Bonchev–Trinajstić information content (AvgIpc) is 2.72. The second-order valence-corrected chi connectivity index (χ2v) is 9.15. The molecule has 8 nitrogen and oxygen atoms in total. The lowest BCUT2D eigenvalue weighted by Gasteiger charge is -2.44. The fourth-order valence-electron chi connectivity index (χ4n) is 4.29. The van der Waals surface area contributed by atoms with Crippen molar-refractivity contribution in [2.24, 2.45) is 17.4 Å². The molecule has 1 saturated carbocycles. The van der Waals surface area contributed by atoms with Crippen LogP contribution < -0.4 is 27.4 Å². The second-order valence-electron chi connectivity index (χ2n) is 9.15. The van der Waals surface area contributed by atoms with Crippen molar-refractivity contribution in [3.8, 4) is 0 Å². The number of nitrogens with one attached hydrogen (secondary N) is 3. The van der Waals surface area contributed by atoms with Gasteiger partial charge in [0.2, 0.25) is 5.91 Å². The van der Waals surface area contributed by atoms with Crippen molar-refractivity contribution in [2.45, 2.75) is 95.8 Å². The van der Waals surface area contributed by atoms with Gasteiger partial charge in [0.15, 0.2) is 5.78 Å². The molecule has 0 heterocycles. The lowest BCUT2D eigenvalue weighted by Crippen LogP contribution is -2.64. The number of amides is 3. The number of nitrogens with two attached hydrogens (primary N) is 2. The van der Waals surface area contributed by atoms with Crippen molar-refractivity contribution in [3.63, 3.8) is 0 Å². The molecular formula is C22H39N5O3. The Labute approximate surface area is 180 Å². The molecule has 8 heteroatoms. The zero-order valence-electron chi connectivity index (χ0n) is 18.6. The first-order valence-corrected chi connectivity index (χ1v) is 11.2. The van der Waals surface area contributed by atoms with E-state index in [-0.39, 0.29) is 23.7 Å². The van der Waals surface area contributed by atoms with Gasteiger partial charge in [-0.05, 0) is 44.9 Å². The molecule has 170 valence electrons. The van der Waals surface area contributed by atoms with Crippen molar-refractivity contribution < 1.29 is 14.4 Å². The summed E-state index contributed by atoms with van der Waals surface area (Å²) >= 11 is 0. The Balaban J connectivity index is 2.16. The Kier molecular flexibility index (Phi) is 8.85. The van der Waals surface area contributed by atoms with Gasteiger partial charge in [0.1, 0.15) is 0 Å². The topological polar surface area (TPSA) is 139 Å². The number of carbonyl (C=O) groups is 3. The molecule has 2 aliphatic carbocycles. The van der Waals surface area contributed by atoms with Crippen LogP contribution in [0.15, 0.2) is 11.6 Å². The first kappa shape index (κ1) is 24.3. The van der Waals surface area contributed by atoms with E-state index in [0.29, 0.717) is 19.4 Å². The molecule has 0 unspecified atom stereocenters. The lowest BCUT2D eigenvalue weighted by molar-refractivity contribution is -0.134. The van der Waals surface area contributed by atoms with E-state index < -0.39 is 23.7 Å². The molecule has 0 aromatic carbocycles. The van der Waals surface area contributed by atoms with Crippen LogP contribution in [0, 0.1) is 5.92 Å². The third-order valence-electron chi connectivity index (χ3n) is 6.48. The third kappa shape index (κ3) is 6.28. The summed E-state index contributed by atoms with van der Waals surface area (Å²) in [6.45, 7) is 6.20. The van der Waals surface area contributed by atoms with Crippen LogP contribution in [0.2, 0.25) is 0 Å². The van der Waals surface area contributed by atoms with E-state index in [4.69, 9.17) is 11.5 Å². The molecule has 30 heavy (non-hydrogen) atoms. The Hall–Kier alpha value is -1.93. The summed E-state index contributed by atoms with van der Waals surface area (Å²) in [4.78, 5) is 37.4. The zero-order chi connectivity index (χ0) is 22.3.